The minimum absolute atomic E-state index is 0.0605. The van der Waals surface area contributed by atoms with Gasteiger partial charge in [0.25, 0.3) is 10.0 Å². The van der Waals surface area contributed by atoms with Crippen molar-refractivity contribution in [3.8, 4) is 11.8 Å². The van der Waals surface area contributed by atoms with Crippen LogP contribution in [0.2, 0.25) is 10.0 Å². The molecule has 0 radical (unpaired) electrons. The van der Waals surface area contributed by atoms with Crippen LogP contribution in [0, 0.1) is 12.7 Å². The van der Waals surface area contributed by atoms with Crippen LogP contribution in [-0.4, -0.2) is 98.4 Å². The number of pyridine rings is 1. The predicted octanol–water partition coefficient (Wildman–Crippen LogP) is 5.54. The highest BCUT2D eigenvalue weighted by Crippen LogP contribution is 2.33. The van der Waals surface area contributed by atoms with Crippen molar-refractivity contribution in [3.63, 3.8) is 0 Å². The van der Waals surface area contributed by atoms with Gasteiger partial charge in [-0.15, -0.1) is 11.8 Å². The lowest BCUT2D eigenvalue weighted by molar-refractivity contribution is -0.139. The zero-order chi connectivity index (χ0) is 48.1. The Hall–Kier alpha value is -6.67. The molecule has 6 aromatic rings. The summed E-state index contributed by atoms with van der Waals surface area (Å²) in [6.07, 6.45) is 3.50. The average Bonchev–Trinajstić information content (AvgIpc) is 3.60. The van der Waals surface area contributed by atoms with Gasteiger partial charge >= 0.3 is 34.8 Å². The smallest absolute Gasteiger partial charge is 0.341 e. The number of aryl methyl sites for hydroxylation is 1. The molecule has 7 rings (SSSR count). The molecule has 0 saturated carbocycles. The van der Waals surface area contributed by atoms with E-state index in [0.717, 1.165) is 59.5 Å². The van der Waals surface area contributed by atoms with Crippen LogP contribution in [0.5, 0.6) is 11.8 Å². The van der Waals surface area contributed by atoms with E-state index in [1.54, 1.807) is 44.5 Å². The fourth-order valence-electron chi connectivity index (χ4n) is 5.58. The van der Waals surface area contributed by atoms with Crippen molar-refractivity contribution in [2.75, 3.05) is 31.9 Å². The topological polar surface area (TPSA) is 285 Å². The summed E-state index contributed by atoms with van der Waals surface area (Å²) in [5.41, 5.74) is 0.177. The maximum Gasteiger partial charge on any atom is 0.341 e. The van der Waals surface area contributed by atoms with Gasteiger partial charge in [-0.2, -0.15) is 15.0 Å². The third-order valence-corrected chi connectivity index (χ3v) is 12.5. The van der Waals surface area contributed by atoms with Crippen LogP contribution >= 0.6 is 46.3 Å². The molecular weight excluding hydrogens is 973 g/mol. The number of nitrogens with one attached hydrogen (secondary N) is 2. The molecule has 27 heteroatoms. The summed E-state index contributed by atoms with van der Waals surface area (Å²) in [5, 5.41) is 21.2. The Morgan fingerprint density at radius 2 is 1.70 bits per heavy atom. The van der Waals surface area contributed by atoms with Crippen LogP contribution in [0.15, 0.2) is 86.4 Å². The second-order valence-corrected chi connectivity index (χ2v) is 17.4. The van der Waals surface area contributed by atoms with Gasteiger partial charge in [0.2, 0.25) is 10.7 Å². The number of ether oxygens (including phenoxy) is 3. The number of carboxylic acids is 2. The molecule has 3 aromatic heterocycles. The van der Waals surface area contributed by atoms with Gasteiger partial charge in [0.1, 0.15) is 33.5 Å². The molecule has 4 N–H and O–H groups in total. The van der Waals surface area contributed by atoms with Crippen LogP contribution in [0.25, 0.3) is 10.9 Å². The molecule has 348 valence electrons. The number of hydrogen-bond donors (Lipinski definition) is 4. The van der Waals surface area contributed by atoms with Gasteiger partial charge in [-0.05, 0) is 79.6 Å². The van der Waals surface area contributed by atoms with Crippen LogP contribution in [0.1, 0.15) is 29.0 Å². The summed E-state index contributed by atoms with van der Waals surface area (Å²) in [6, 6.07) is 13.1. The zero-order valence-electron chi connectivity index (χ0n) is 34.6. The third kappa shape index (κ3) is 13.4. The predicted molar refractivity (Wildman–Crippen MR) is 239 cm³/mol. The first-order valence-electron chi connectivity index (χ1n) is 18.8. The van der Waals surface area contributed by atoms with Crippen molar-refractivity contribution < 1.29 is 56.4 Å². The van der Waals surface area contributed by atoms with Gasteiger partial charge in [0, 0.05) is 29.6 Å². The van der Waals surface area contributed by atoms with Gasteiger partial charge in [0.05, 0.1) is 35.6 Å². The summed E-state index contributed by atoms with van der Waals surface area (Å²) in [7, 11) is -1.82. The monoisotopic (exact) mass is 1010 g/mol. The number of carboxylic acid groups (broad SMARTS) is 2. The summed E-state index contributed by atoms with van der Waals surface area (Å²) in [5.74, 6) is -2.97. The molecule has 0 aliphatic carbocycles. The van der Waals surface area contributed by atoms with E-state index in [-0.39, 0.29) is 39.1 Å². The van der Waals surface area contributed by atoms with Crippen molar-refractivity contribution >= 4 is 103 Å². The third-order valence-electron chi connectivity index (χ3n) is 8.48. The molecule has 66 heavy (non-hydrogen) atoms. The Balaban J connectivity index is 0.000000190. The Labute approximate surface area is 391 Å². The van der Waals surface area contributed by atoms with Crippen LogP contribution in [-0.2, 0) is 37.4 Å². The Morgan fingerprint density at radius 3 is 2.39 bits per heavy atom. The summed E-state index contributed by atoms with van der Waals surface area (Å²) in [4.78, 5) is 76.8. The number of hydrogen-bond acceptors (Lipinski definition) is 17. The summed E-state index contributed by atoms with van der Waals surface area (Å²) >= 11 is 14.2. The number of nitrogens with zero attached hydrogens (tertiary/aromatic N) is 7. The Bertz CT molecular complexity index is 3040. The molecule has 3 aromatic carbocycles. The molecule has 0 bridgehead atoms. The van der Waals surface area contributed by atoms with Crippen molar-refractivity contribution in [1.82, 2.24) is 34.0 Å². The number of sulfonamides is 1. The number of amides is 2. The first kappa shape index (κ1) is 50.3. The highest BCUT2D eigenvalue weighted by Gasteiger charge is 2.24. The highest BCUT2D eigenvalue weighted by atomic mass is 35.5. The molecule has 21 nitrogen and oxygen atoms in total. The van der Waals surface area contributed by atoms with E-state index in [4.69, 9.17) is 42.9 Å². The number of benzene rings is 3. The fraction of sp³-hybridized carbons (Fsp3) is 0.231. The highest BCUT2D eigenvalue weighted by molar-refractivity contribution is 8.00. The van der Waals surface area contributed by atoms with Crippen molar-refractivity contribution in [3.05, 3.63) is 109 Å². The molecule has 4 heterocycles. The van der Waals surface area contributed by atoms with E-state index >= 15 is 0 Å². The minimum Gasteiger partial charge on any atom is -0.480 e. The number of thioether (sulfide) groups is 1. The van der Waals surface area contributed by atoms with E-state index in [1.807, 2.05) is 0 Å². The molecule has 0 saturated heterocycles. The number of anilines is 1. The lowest BCUT2D eigenvalue weighted by Gasteiger charge is -2.15. The van der Waals surface area contributed by atoms with E-state index in [0.29, 0.717) is 39.1 Å². The number of halogens is 3. The Kier molecular flexibility index (Phi) is 17.5. The fourth-order valence-corrected chi connectivity index (χ4v) is 8.90. The van der Waals surface area contributed by atoms with Gasteiger partial charge in [-0.3, -0.25) is 24.6 Å². The largest absolute Gasteiger partial charge is 0.480 e. The number of aromatic nitrogens is 6. The maximum atomic E-state index is 14.3. The Morgan fingerprint density at radius 1 is 0.970 bits per heavy atom. The van der Waals surface area contributed by atoms with Crippen molar-refractivity contribution in [2.24, 2.45) is 4.99 Å². The van der Waals surface area contributed by atoms with Crippen LogP contribution < -0.4 is 29.2 Å². The molecule has 1 aliphatic heterocycles. The molecule has 2 amide bonds. The number of aliphatic carboxylic acids is 1. The van der Waals surface area contributed by atoms with E-state index in [2.05, 4.69) is 35.0 Å². The number of methoxy groups -OCH3 is 2. The SMILES string of the molecule is COC(=O)CSc1cc(/N=c2\sc(=O)n3n2CCCC3)c(F)cc1Cl.COc1nc(C)nc(NC(=O)NS(=O)(=O)c2ccccc2C(=O)O)n1.O=C(O)COc1ccc(Cl)c2cccnc12. The number of esters is 1. The molecule has 0 unspecified atom stereocenters. The molecule has 0 fully saturated rings. The van der Waals surface area contributed by atoms with Crippen LogP contribution in [0.4, 0.5) is 20.8 Å². The average molecular weight is 1010 g/mol. The number of rotatable bonds is 12. The maximum absolute atomic E-state index is 14.3. The number of aromatic carboxylic acids is 1. The summed E-state index contributed by atoms with van der Waals surface area (Å²) in [6.45, 7) is 2.45. The minimum atomic E-state index is -4.43. The number of carbonyl (C=O) groups excluding carboxylic acids is 2. The van der Waals surface area contributed by atoms with Crippen LogP contribution in [0.3, 0.4) is 0 Å². The lowest BCUT2D eigenvalue weighted by Crippen LogP contribution is -2.35. The molecule has 0 atom stereocenters. The number of fused-ring (bicyclic) bond motifs is 2. The first-order chi connectivity index (χ1) is 31.4. The standard InChI is InChI=1S/C15H15ClFN3O3S2.C13H13N5O6S.C11H8ClNO3/c1-23-13(21)8-24-12-7-11(10(17)6-9(12)16)18-14-19-4-2-3-5-20(19)15(22)25-14;1-7-14-11(17-13(15-7)24-2)16-12(21)18-25(22,23)9-6-4-3-5-8(9)10(19)20;12-8-3-4-9(16-6-10(14)15)11-7(8)2-1-5-13-11/h6-7H,2-5,8H2,1H3;3-6H,1-2H3,(H,19,20)(H2,14,15,16,17,18,21);1-5H,6H2,(H,14,15)/b18-14-;;. The molecule has 1 aliphatic rings. The molecule has 0 spiro atoms. The van der Waals surface area contributed by atoms with E-state index < -0.39 is 56.8 Å². The first-order valence-corrected chi connectivity index (χ1v) is 22.8. The van der Waals surface area contributed by atoms with Gasteiger partial charge in [-0.1, -0.05) is 35.3 Å². The normalized spacial score (nSPS) is 12.1. The molecular formula is C39H36Cl2FN9O12S3. The van der Waals surface area contributed by atoms with Gasteiger partial charge < -0.3 is 24.4 Å². The van der Waals surface area contributed by atoms with Gasteiger partial charge in [-0.25, -0.2) is 41.6 Å². The van der Waals surface area contributed by atoms with Crippen molar-refractivity contribution in [1.29, 1.82) is 0 Å². The quantitative estimate of drug-likeness (QED) is 0.0864. The zero-order valence-corrected chi connectivity index (χ0v) is 38.5. The second kappa shape index (κ2) is 23.0. The van der Waals surface area contributed by atoms with Crippen molar-refractivity contribution in [2.45, 2.75) is 42.6 Å². The summed E-state index contributed by atoms with van der Waals surface area (Å²) < 4.78 is 58.3. The number of urea groups is 1. The second-order valence-electron chi connectivity index (χ2n) is 13.0. The van der Waals surface area contributed by atoms with E-state index in [9.17, 15) is 36.8 Å². The van der Waals surface area contributed by atoms with Gasteiger partial charge in [0.15, 0.2) is 6.61 Å². The lowest BCUT2D eigenvalue weighted by atomic mass is 10.2. The number of carbonyl (C=O) groups is 4. The van der Waals surface area contributed by atoms with E-state index in [1.165, 1.54) is 39.3 Å².